The predicted molar refractivity (Wildman–Crippen MR) is 81.9 cm³/mol. The van der Waals surface area contributed by atoms with E-state index in [1.165, 1.54) is 0 Å². The van der Waals surface area contributed by atoms with Crippen molar-refractivity contribution in [1.29, 1.82) is 0 Å². The normalized spacial score (nSPS) is 15.1. The molecular formula is C15H15ClFN3O2. The van der Waals surface area contributed by atoms with Crippen LogP contribution in [0.5, 0.6) is 5.75 Å². The van der Waals surface area contributed by atoms with Crippen molar-refractivity contribution < 1.29 is 14.2 Å². The highest BCUT2D eigenvalue weighted by atomic mass is 35.5. The minimum absolute atomic E-state index is 0.00145. The van der Waals surface area contributed by atoms with Gasteiger partial charge in [0.15, 0.2) is 17.5 Å². The first-order chi connectivity index (χ1) is 10.6. The fourth-order valence-electron chi connectivity index (χ4n) is 2.39. The lowest BCUT2D eigenvalue weighted by Crippen LogP contribution is -2.37. The van der Waals surface area contributed by atoms with E-state index < -0.39 is 5.82 Å². The van der Waals surface area contributed by atoms with Gasteiger partial charge in [-0.25, -0.2) is 14.4 Å². The third-order valence-corrected chi connectivity index (χ3v) is 3.87. The smallest absolute Gasteiger partial charge is 0.183 e. The number of ether oxygens (including phenoxy) is 1. The van der Waals surface area contributed by atoms with Crippen LogP contribution in [0.15, 0.2) is 18.3 Å². The lowest BCUT2D eigenvalue weighted by atomic mass is 10.1. The zero-order valence-electron chi connectivity index (χ0n) is 12.0. The van der Waals surface area contributed by atoms with Crippen molar-refractivity contribution in [3.8, 4) is 17.1 Å². The van der Waals surface area contributed by atoms with Gasteiger partial charge in [-0.15, -0.1) is 0 Å². The van der Waals surface area contributed by atoms with Gasteiger partial charge in [0, 0.05) is 18.7 Å². The molecule has 2 aromatic rings. The van der Waals surface area contributed by atoms with Crippen LogP contribution >= 0.6 is 11.6 Å². The molecule has 3 rings (SSSR count). The summed E-state index contributed by atoms with van der Waals surface area (Å²) in [6.45, 7) is 4.07. The molecule has 0 atom stereocenters. The molecule has 1 aliphatic heterocycles. The largest absolute Gasteiger partial charge is 0.506 e. The molecule has 0 radical (unpaired) electrons. The third-order valence-electron chi connectivity index (χ3n) is 3.57. The molecule has 116 valence electrons. The molecule has 0 unspecified atom stereocenters. The van der Waals surface area contributed by atoms with Gasteiger partial charge in [0.2, 0.25) is 0 Å². The summed E-state index contributed by atoms with van der Waals surface area (Å²) in [6.07, 6.45) is 1.16. The summed E-state index contributed by atoms with van der Waals surface area (Å²) < 4.78 is 19.3. The molecule has 22 heavy (non-hydrogen) atoms. The van der Waals surface area contributed by atoms with Gasteiger partial charge in [0.1, 0.15) is 5.75 Å². The molecule has 1 aliphatic rings. The number of phenols is 1. The fraction of sp³-hybridized carbons (Fsp3) is 0.333. The number of halogens is 2. The van der Waals surface area contributed by atoms with E-state index >= 15 is 0 Å². The van der Waals surface area contributed by atoms with E-state index in [0.717, 1.165) is 11.8 Å². The van der Waals surface area contributed by atoms with Gasteiger partial charge in [-0.1, -0.05) is 11.6 Å². The average molecular weight is 324 g/mol. The maximum atomic E-state index is 14.0. The van der Waals surface area contributed by atoms with Gasteiger partial charge in [0.25, 0.3) is 0 Å². The summed E-state index contributed by atoms with van der Waals surface area (Å²) >= 11 is 5.95. The molecule has 0 amide bonds. The van der Waals surface area contributed by atoms with E-state index in [2.05, 4.69) is 9.97 Å². The van der Waals surface area contributed by atoms with Gasteiger partial charge >= 0.3 is 0 Å². The number of nitrogens with zero attached hydrogens (tertiary/aromatic N) is 3. The quantitative estimate of drug-likeness (QED) is 0.921. The molecule has 1 saturated heterocycles. The minimum atomic E-state index is -0.465. The van der Waals surface area contributed by atoms with Gasteiger partial charge < -0.3 is 14.7 Å². The highest BCUT2D eigenvalue weighted by Crippen LogP contribution is 2.32. The van der Waals surface area contributed by atoms with E-state index in [4.69, 9.17) is 16.3 Å². The second-order valence-corrected chi connectivity index (χ2v) is 5.49. The third kappa shape index (κ3) is 2.84. The van der Waals surface area contributed by atoms with Crippen LogP contribution in [-0.4, -0.2) is 41.4 Å². The summed E-state index contributed by atoms with van der Waals surface area (Å²) in [7, 11) is 0. The van der Waals surface area contributed by atoms with Crippen molar-refractivity contribution in [2.45, 2.75) is 6.92 Å². The first-order valence-corrected chi connectivity index (χ1v) is 7.29. The molecular weight excluding hydrogens is 309 g/mol. The van der Waals surface area contributed by atoms with E-state index in [1.54, 1.807) is 12.1 Å². The maximum absolute atomic E-state index is 14.0. The molecule has 0 aliphatic carbocycles. The van der Waals surface area contributed by atoms with E-state index in [-0.39, 0.29) is 16.6 Å². The number of morpholine rings is 1. The Morgan fingerprint density at radius 3 is 2.77 bits per heavy atom. The molecule has 0 bridgehead atoms. The summed E-state index contributed by atoms with van der Waals surface area (Å²) in [5, 5.41) is 9.83. The number of aromatic hydroxyl groups is 1. The van der Waals surface area contributed by atoms with Crippen LogP contribution in [0.1, 0.15) is 5.56 Å². The maximum Gasteiger partial charge on any atom is 0.183 e. The number of rotatable bonds is 2. The predicted octanol–water partition coefficient (Wildman–Crippen LogP) is 2.79. The topological polar surface area (TPSA) is 58.5 Å². The molecule has 7 heteroatoms. The molecule has 1 fully saturated rings. The highest BCUT2D eigenvalue weighted by Gasteiger charge is 2.19. The van der Waals surface area contributed by atoms with E-state index in [1.807, 2.05) is 11.8 Å². The van der Waals surface area contributed by atoms with Gasteiger partial charge in [-0.05, 0) is 24.6 Å². The van der Waals surface area contributed by atoms with Crippen LogP contribution in [-0.2, 0) is 4.74 Å². The summed E-state index contributed by atoms with van der Waals surface area (Å²) in [4.78, 5) is 10.2. The number of aryl methyl sites for hydroxylation is 1. The van der Waals surface area contributed by atoms with Crippen molar-refractivity contribution in [2.24, 2.45) is 0 Å². The van der Waals surface area contributed by atoms with E-state index in [9.17, 15) is 9.50 Å². The van der Waals surface area contributed by atoms with Gasteiger partial charge in [-0.2, -0.15) is 0 Å². The summed E-state index contributed by atoms with van der Waals surface area (Å²) in [6, 6.07) is 3.13. The van der Waals surface area contributed by atoms with Crippen LogP contribution < -0.4 is 4.90 Å². The van der Waals surface area contributed by atoms with Gasteiger partial charge in [-0.3, -0.25) is 0 Å². The molecule has 2 heterocycles. The Hall–Kier alpha value is -1.92. The Morgan fingerprint density at radius 1 is 1.32 bits per heavy atom. The number of hydrogen-bond acceptors (Lipinski definition) is 5. The molecule has 5 nitrogen and oxygen atoms in total. The second-order valence-electron chi connectivity index (χ2n) is 5.08. The molecule has 0 spiro atoms. The van der Waals surface area contributed by atoms with Crippen molar-refractivity contribution >= 4 is 17.4 Å². The number of phenolic OH excluding ortho intramolecular Hbond substituents is 1. The molecule has 0 saturated carbocycles. The zero-order chi connectivity index (χ0) is 15.7. The van der Waals surface area contributed by atoms with Crippen molar-refractivity contribution in [3.63, 3.8) is 0 Å². The van der Waals surface area contributed by atoms with Crippen molar-refractivity contribution in [2.75, 3.05) is 31.2 Å². The zero-order valence-corrected chi connectivity index (χ0v) is 12.8. The standard InChI is InChI=1S/C15H15ClFN3O2/c1-9-6-13(21)11(16)7-10(9)14-18-8-12(17)15(19-14)20-2-4-22-5-3-20/h6-8,21H,2-5H2,1H3. The monoisotopic (exact) mass is 323 g/mol. The Bertz CT molecular complexity index is 705. The van der Waals surface area contributed by atoms with Crippen molar-refractivity contribution in [3.05, 3.63) is 34.7 Å². The minimum Gasteiger partial charge on any atom is -0.506 e. The Balaban J connectivity index is 2.03. The van der Waals surface area contributed by atoms with Crippen LogP contribution in [0, 0.1) is 12.7 Å². The van der Waals surface area contributed by atoms with E-state index in [0.29, 0.717) is 37.7 Å². The Labute approximate surface area is 132 Å². The van der Waals surface area contributed by atoms with Crippen molar-refractivity contribution in [1.82, 2.24) is 9.97 Å². The Kier molecular flexibility index (Phi) is 4.13. The first kappa shape index (κ1) is 15.0. The molecule has 1 aromatic heterocycles. The molecule has 1 aromatic carbocycles. The summed E-state index contributed by atoms with van der Waals surface area (Å²) in [5.41, 5.74) is 1.43. The number of benzene rings is 1. The van der Waals surface area contributed by atoms with Crippen LogP contribution in [0.2, 0.25) is 5.02 Å². The van der Waals surface area contributed by atoms with Crippen LogP contribution in [0.25, 0.3) is 11.4 Å². The first-order valence-electron chi connectivity index (χ1n) is 6.91. The summed E-state index contributed by atoms with van der Waals surface area (Å²) in [5.74, 6) is 0.172. The SMILES string of the molecule is Cc1cc(O)c(Cl)cc1-c1ncc(F)c(N2CCOCC2)n1. The second kappa shape index (κ2) is 6.06. The Morgan fingerprint density at radius 2 is 2.05 bits per heavy atom. The van der Waals surface area contributed by atoms with Crippen LogP contribution in [0.4, 0.5) is 10.2 Å². The average Bonchev–Trinajstić information content (AvgIpc) is 2.52. The van der Waals surface area contributed by atoms with Gasteiger partial charge in [0.05, 0.1) is 24.4 Å². The molecule has 1 N–H and O–H groups in total. The number of aromatic nitrogens is 2. The lowest BCUT2D eigenvalue weighted by Gasteiger charge is -2.28. The highest BCUT2D eigenvalue weighted by molar-refractivity contribution is 6.32. The lowest BCUT2D eigenvalue weighted by molar-refractivity contribution is 0.122. The van der Waals surface area contributed by atoms with Crippen LogP contribution in [0.3, 0.4) is 0 Å². The fourth-order valence-corrected chi connectivity index (χ4v) is 2.56. The number of anilines is 1. The number of hydrogen-bond donors (Lipinski definition) is 1.